The average molecular weight is 250 g/mol. The fraction of sp³-hybridized carbons (Fsp3) is 0.538. The SMILES string of the molecule is C[Si](C)OC(c1cccc(C=O)n1)C(C)(C)C. The molecule has 0 aliphatic heterocycles. The van der Waals surface area contributed by atoms with E-state index in [1.807, 2.05) is 12.1 Å². The van der Waals surface area contributed by atoms with Gasteiger partial charge in [0.2, 0.25) is 9.04 Å². The Morgan fingerprint density at radius 3 is 2.47 bits per heavy atom. The highest BCUT2D eigenvalue weighted by Gasteiger charge is 2.29. The van der Waals surface area contributed by atoms with Gasteiger partial charge in [0.1, 0.15) is 5.69 Å². The molecule has 0 aromatic carbocycles. The number of nitrogens with zero attached hydrogens (tertiary/aromatic N) is 1. The molecule has 1 atom stereocenters. The van der Waals surface area contributed by atoms with Crippen molar-refractivity contribution < 1.29 is 9.22 Å². The first-order valence-corrected chi connectivity index (χ1v) is 8.14. The smallest absolute Gasteiger partial charge is 0.205 e. The summed E-state index contributed by atoms with van der Waals surface area (Å²) in [4.78, 5) is 15.1. The Morgan fingerprint density at radius 1 is 1.35 bits per heavy atom. The van der Waals surface area contributed by atoms with Crippen LogP contribution in [-0.2, 0) is 4.43 Å². The number of carbonyl (C=O) groups is 1. The summed E-state index contributed by atoms with van der Waals surface area (Å²) in [6.45, 7) is 10.6. The molecule has 1 aromatic rings. The molecule has 0 bridgehead atoms. The van der Waals surface area contributed by atoms with Gasteiger partial charge >= 0.3 is 0 Å². The molecule has 1 heterocycles. The predicted molar refractivity (Wildman–Crippen MR) is 70.4 cm³/mol. The molecule has 1 radical (unpaired) electrons. The molecule has 4 heteroatoms. The van der Waals surface area contributed by atoms with E-state index in [9.17, 15) is 4.79 Å². The van der Waals surface area contributed by atoms with Crippen LogP contribution in [0.4, 0.5) is 0 Å². The lowest BCUT2D eigenvalue weighted by Crippen LogP contribution is -2.26. The fourth-order valence-electron chi connectivity index (χ4n) is 1.60. The number of hydrogen-bond donors (Lipinski definition) is 0. The standard InChI is InChI=1S/C13H20NO2Si/c1-13(2,3)12(16-17(4)5)11-8-6-7-10(9-15)14-11/h6-9,12H,1-5H3. The van der Waals surface area contributed by atoms with Gasteiger partial charge in [-0.2, -0.15) is 0 Å². The summed E-state index contributed by atoms with van der Waals surface area (Å²) in [7, 11) is -0.810. The first kappa shape index (κ1) is 14.1. The molecule has 0 spiro atoms. The zero-order valence-electron chi connectivity index (χ0n) is 11.2. The van der Waals surface area contributed by atoms with Crippen LogP contribution in [0.15, 0.2) is 18.2 Å². The van der Waals surface area contributed by atoms with Crippen molar-refractivity contribution in [3.8, 4) is 0 Å². The Morgan fingerprint density at radius 2 is 2.00 bits per heavy atom. The number of aromatic nitrogens is 1. The van der Waals surface area contributed by atoms with Crippen LogP contribution in [0.1, 0.15) is 43.1 Å². The van der Waals surface area contributed by atoms with Crippen LogP contribution in [0.2, 0.25) is 13.1 Å². The third kappa shape index (κ3) is 4.05. The van der Waals surface area contributed by atoms with Crippen molar-refractivity contribution in [3.63, 3.8) is 0 Å². The van der Waals surface area contributed by atoms with Crippen LogP contribution in [-0.4, -0.2) is 20.3 Å². The lowest BCUT2D eigenvalue weighted by atomic mass is 9.87. The van der Waals surface area contributed by atoms with Gasteiger partial charge < -0.3 is 4.43 Å². The van der Waals surface area contributed by atoms with E-state index in [1.54, 1.807) is 6.07 Å². The van der Waals surface area contributed by atoms with Gasteiger partial charge in [-0.15, -0.1) is 0 Å². The molecule has 0 N–H and O–H groups in total. The second kappa shape index (κ2) is 5.56. The molecule has 1 rings (SSSR count). The number of hydrogen-bond acceptors (Lipinski definition) is 3. The maximum atomic E-state index is 10.8. The van der Waals surface area contributed by atoms with Gasteiger partial charge in [0.25, 0.3) is 0 Å². The summed E-state index contributed by atoms with van der Waals surface area (Å²) in [5.74, 6) is 0. The van der Waals surface area contributed by atoms with Crippen molar-refractivity contribution in [3.05, 3.63) is 29.6 Å². The second-order valence-electron chi connectivity index (χ2n) is 5.38. The van der Waals surface area contributed by atoms with Crippen LogP contribution in [0.25, 0.3) is 0 Å². The van der Waals surface area contributed by atoms with Gasteiger partial charge in [-0.1, -0.05) is 26.8 Å². The van der Waals surface area contributed by atoms with Crippen LogP contribution in [0.3, 0.4) is 0 Å². The first-order chi connectivity index (χ1) is 7.84. The molecular weight excluding hydrogens is 230 g/mol. The Balaban J connectivity index is 3.08. The molecule has 1 aromatic heterocycles. The van der Waals surface area contributed by atoms with E-state index in [4.69, 9.17) is 4.43 Å². The predicted octanol–water partition coefficient (Wildman–Crippen LogP) is 3.25. The van der Waals surface area contributed by atoms with E-state index in [2.05, 4.69) is 38.8 Å². The van der Waals surface area contributed by atoms with Crippen LogP contribution >= 0.6 is 0 Å². The average Bonchev–Trinajstić information content (AvgIpc) is 2.24. The molecule has 0 aliphatic carbocycles. The number of aldehydes is 1. The summed E-state index contributed by atoms with van der Waals surface area (Å²) >= 11 is 0. The highest BCUT2D eigenvalue weighted by Crippen LogP contribution is 2.35. The maximum absolute atomic E-state index is 10.8. The second-order valence-corrected chi connectivity index (χ2v) is 7.43. The molecule has 3 nitrogen and oxygen atoms in total. The molecule has 93 valence electrons. The van der Waals surface area contributed by atoms with E-state index < -0.39 is 9.04 Å². The highest BCUT2D eigenvalue weighted by atomic mass is 28.3. The Hall–Kier alpha value is -1.00. The Kier molecular flexibility index (Phi) is 4.59. The van der Waals surface area contributed by atoms with Gasteiger partial charge in [0, 0.05) is 0 Å². The number of pyridine rings is 1. The van der Waals surface area contributed by atoms with Crippen molar-refractivity contribution in [2.24, 2.45) is 5.41 Å². The van der Waals surface area contributed by atoms with E-state index in [0.29, 0.717) is 5.69 Å². The van der Waals surface area contributed by atoms with E-state index in [0.717, 1.165) is 12.0 Å². The van der Waals surface area contributed by atoms with E-state index in [1.165, 1.54) is 0 Å². The zero-order chi connectivity index (χ0) is 13.1. The number of rotatable bonds is 4. The molecular formula is C13H20NO2Si. The molecule has 1 unspecified atom stereocenters. The van der Waals surface area contributed by atoms with Crippen LogP contribution < -0.4 is 0 Å². The van der Waals surface area contributed by atoms with Crippen molar-refractivity contribution in [1.82, 2.24) is 4.98 Å². The van der Waals surface area contributed by atoms with Gasteiger partial charge in [0.05, 0.1) is 11.8 Å². The summed E-state index contributed by atoms with van der Waals surface area (Å²) in [5.41, 5.74) is 1.27. The summed E-state index contributed by atoms with van der Waals surface area (Å²) in [5, 5.41) is 0. The third-order valence-corrected chi connectivity index (χ3v) is 3.03. The van der Waals surface area contributed by atoms with Gasteiger partial charge in [-0.05, 0) is 30.6 Å². The molecule has 0 saturated heterocycles. The molecule has 17 heavy (non-hydrogen) atoms. The summed E-state index contributed by atoms with van der Waals surface area (Å²) < 4.78 is 6.02. The molecule has 0 fully saturated rings. The highest BCUT2D eigenvalue weighted by molar-refractivity contribution is 6.48. The number of carbonyl (C=O) groups excluding carboxylic acids is 1. The van der Waals surface area contributed by atoms with E-state index in [-0.39, 0.29) is 11.5 Å². The molecule has 0 amide bonds. The Bertz CT molecular complexity index is 385. The minimum Gasteiger partial charge on any atom is -0.408 e. The summed E-state index contributed by atoms with van der Waals surface area (Å²) in [6.07, 6.45) is 0.707. The minimum atomic E-state index is -0.810. The maximum Gasteiger partial charge on any atom is 0.205 e. The Labute approximate surface area is 105 Å². The normalized spacial score (nSPS) is 13.8. The lowest BCUT2D eigenvalue weighted by Gasteiger charge is -2.32. The topological polar surface area (TPSA) is 39.2 Å². The van der Waals surface area contributed by atoms with Gasteiger partial charge in [-0.3, -0.25) is 4.79 Å². The van der Waals surface area contributed by atoms with Crippen LogP contribution in [0.5, 0.6) is 0 Å². The van der Waals surface area contributed by atoms with Crippen LogP contribution in [0, 0.1) is 5.41 Å². The molecule has 0 saturated carbocycles. The summed E-state index contributed by atoms with van der Waals surface area (Å²) in [6, 6.07) is 5.49. The largest absolute Gasteiger partial charge is 0.408 e. The van der Waals surface area contributed by atoms with Crippen molar-refractivity contribution in [2.75, 3.05) is 0 Å². The minimum absolute atomic E-state index is 0.0313. The van der Waals surface area contributed by atoms with E-state index >= 15 is 0 Å². The fourth-order valence-corrected chi connectivity index (χ4v) is 2.54. The van der Waals surface area contributed by atoms with Gasteiger partial charge in [-0.25, -0.2) is 4.98 Å². The van der Waals surface area contributed by atoms with Gasteiger partial charge in [0.15, 0.2) is 6.29 Å². The lowest BCUT2D eigenvalue weighted by molar-refractivity contribution is 0.0824. The third-order valence-electron chi connectivity index (χ3n) is 2.32. The zero-order valence-corrected chi connectivity index (χ0v) is 12.2. The van der Waals surface area contributed by atoms with Crippen molar-refractivity contribution in [1.29, 1.82) is 0 Å². The quantitative estimate of drug-likeness (QED) is 0.608. The van der Waals surface area contributed by atoms with Crippen molar-refractivity contribution >= 4 is 15.3 Å². The van der Waals surface area contributed by atoms with Crippen molar-refractivity contribution in [2.45, 2.75) is 40.0 Å². The molecule has 0 aliphatic rings. The first-order valence-electron chi connectivity index (χ1n) is 5.73. The monoisotopic (exact) mass is 250 g/mol.